The van der Waals surface area contributed by atoms with Gasteiger partial charge in [-0.3, -0.25) is 0 Å². The van der Waals surface area contributed by atoms with Gasteiger partial charge in [0, 0.05) is 19.6 Å². The lowest BCUT2D eigenvalue weighted by molar-refractivity contribution is -0.0487. The molecule has 1 rings (SSSR count). The second kappa shape index (κ2) is 4.03. The quantitative estimate of drug-likeness (QED) is 0.699. The highest BCUT2D eigenvalue weighted by Crippen LogP contribution is 2.26. The maximum absolute atomic E-state index is 12.1. The van der Waals surface area contributed by atoms with Gasteiger partial charge in [0.15, 0.2) is 0 Å². The minimum absolute atomic E-state index is 0.0746. The van der Waals surface area contributed by atoms with Crippen molar-refractivity contribution in [2.75, 3.05) is 26.2 Å². The summed E-state index contributed by atoms with van der Waals surface area (Å²) in [6.45, 7) is 0.607. The fourth-order valence-corrected chi connectivity index (χ4v) is 2.20. The van der Waals surface area contributed by atoms with Crippen LogP contribution in [0.1, 0.15) is 6.42 Å². The molecule has 0 atom stereocenters. The maximum atomic E-state index is 12.1. The van der Waals surface area contributed by atoms with Crippen molar-refractivity contribution in [3.63, 3.8) is 0 Å². The highest BCUT2D eigenvalue weighted by molar-refractivity contribution is 7.90. The van der Waals surface area contributed by atoms with Crippen molar-refractivity contribution in [2.45, 2.75) is 11.9 Å². The summed E-state index contributed by atoms with van der Waals surface area (Å²) in [6, 6.07) is 0. The van der Waals surface area contributed by atoms with Gasteiger partial charge in [-0.1, -0.05) is 0 Å². The van der Waals surface area contributed by atoms with Crippen molar-refractivity contribution in [1.29, 1.82) is 0 Å². The Labute approximate surface area is 80.1 Å². The Balaban J connectivity index is 2.81. The molecule has 84 valence electrons. The highest BCUT2D eigenvalue weighted by Gasteiger charge is 2.49. The summed E-state index contributed by atoms with van der Waals surface area (Å²) in [4.78, 5) is 0. The topological polar surface area (TPSA) is 49.4 Å². The van der Waals surface area contributed by atoms with Crippen LogP contribution >= 0.6 is 0 Å². The minimum atomic E-state index is -5.18. The van der Waals surface area contributed by atoms with Crippen LogP contribution in [0.25, 0.3) is 0 Å². The first-order valence-corrected chi connectivity index (χ1v) is 5.57. The van der Waals surface area contributed by atoms with E-state index in [0.717, 1.165) is 0 Å². The number of alkyl halides is 3. The van der Waals surface area contributed by atoms with Gasteiger partial charge in [-0.15, -0.1) is 0 Å². The summed E-state index contributed by atoms with van der Waals surface area (Å²) in [5, 5.41) is 2.83. The number of halogens is 3. The molecule has 8 heteroatoms. The molecule has 0 amide bonds. The van der Waals surface area contributed by atoms with Gasteiger partial charge in [-0.2, -0.15) is 17.5 Å². The van der Waals surface area contributed by atoms with Crippen LogP contribution in [0.5, 0.6) is 0 Å². The van der Waals surface area contributed by atoms with Crippen LogP contribution in [0.3, 0.4) is 0 Å². The lowest BCUT2D eigenvalue weighted by Crippen LogP contribution is -2.42. The van der Waals surface area contributed by atoms with E-state index in [1.807, 2.05) is 0 Å². The fourth-order valence-electron chi connectivity index (χ4n) is 1.21. The van der Waals surface area contributed by atoms with Crippen LogP contribution in [0.4, 0.5) is 13.2 Å². The summed E-state index contributed by atoms with van der Waals surface area (Å²) in [5.41, 5.74) is -5.18. The fraction of sp³-hybridized carbons (Fsp3) is 1.00. The van der Waals surface area contributed by atoms with Crippen LogP contribution in [0.2, 0.25) is 0 Å². The summed E-state index contributed by atoms with van der Waals surface area (Å²) < 4.78 is 58.6. The molecule has 4 nitrogen and oxygen atoms in total. The van der Waals surface area contributed by atoms with Crippen LogP contribution in [-0.4, -0.2) is 44.4 Å². The number of sulfonamides is 1. The zero-order valence-electron chi connectivity index (χ0n) is 7.34. The highest BCUT2D eigenvalue weighted by atomic mass is 32.2. The molecule has 0 unspecified atom stereocenters. The third-order valence-corrected chi connectivity index (χ3v) is 3.56. The van der Waals surface area contributed by atoms with Crippen molar-refractivity contribution in [2.24, 2.45) is 0 Å². The monoisotopic (exact) mass is 232 g/mol. The molecule has 0 saturated carbocycles. The normalized spacial score (nSPS) is 21.9. The molecule has 1 fully saturated rings. The SMILES string of the molecule is O=S(=O)(N1CCCNCC1)C(F)(F)F. The van der Waals surface area contributed by atoms with Crippen LogP contribution < -0.4 is 5.32 Å². The lowest BCUT2D eigenvalue weighted by atomic mass is 10.4. The van der Waals surface area contributed by atoms with Gasteiger partial charge in [0.05, 0.1) is 0 Å². The maximum Gasteiger partial charge on any atom is 0.511 e. The third kappa shape index (κ3) is 2.37. The number of nitrogens with zero attached hydrogens (tertiary/aromatic N) is 1. The van der Waals surface area contributed by atoms with Crippen LogP contribution in [0.15, 0.2) is 0 Å². The van der Waals surface area contributed by atoms with Gasteiger partial charge in [-0.25, -0.2) is 8.42 Å². The molecule has 0 aliphatic carbocycles. The van der Waals surface area contributed by atoms with E-state index in [4.69, 9.17) is 0 Å². The van der Waals surface area contributed by atoms with E-state index in [-0.39, 0.29) is 19.6 Å². The number of rotatable bonds is 1. The predicted octanol–water partition coefficient (Wildman–Crippen LogP) is 0.131. The van der Waals surface area contributed by atoms with Gasteiger partial charge < -0.3 is 5.32 Å². The molecule has 0 spiro atoms. The summed E-state index contributed by atoms with van der Waals surface area (Å²) in [7, 11) is -5.13. The minimum Gasteiger partial charge on any atom is -0.315 e. The first-order chi connectivity index (χ1) is 6.36. The Hall–Kier alpha value is -0.340. The average molecular weight is 232 g/mol. The molecular weight excluding hydrogens is 221 g/mol. The van der Waals surface area contributed by atoms with Gasteiger partial charge in [0.25, 0.3) is 0 Å². The Kier molecular flexibility index (Phi) is 3.38. The Morgan fingerprint density at radius 3 is 2.36 bits per heavy atom. The lowest BCUT2D eigenvalue weighted by Gasteiger charge is -2.20. The Bertz CT molecular complexity index is 280. The number of hydrogen-bond acceptors (Lipinski definition) is 3. The van der Waals surface area contributed by atoms with Crippen molar-refractivity contribution in [3.05, 3.63) is 0 Å². The Morgan fingerprint density at radius 1 is 1.14 bits per heavy atom. The predicted molar refractivity (Wildman–Crippen MR) is 44.0 cm³/mol. The molecule has 0 aromatic rings. The molecule has 1 N–H and O–H groups in total. The zero-order valence-corrected chi connectivity index (χ0v) is 8.16. The van der Waals surface area contributed by atoms with E-state index in [1.54, 1.807) is 0 Å². The summed E-state index contributed by atoms with van der Waals surface area (Å²) in [6.07, 6.45) is 0.398. The molecule has 0 radical (unpaired) electrons. The van der Waals surface area contributed by atoms with E-state index in [0.29, 0.717) is 17.3 Å². The van der Waals surface area contributed by atoms with Crippen molar-refractivity contribution < 1.29 is 21.6 Å². The van der Waals surface area contributed by atoms with Crippen LogP contribution in [0, 0.1) is 0 Å². The second-order valence-corrected chi connectivity index (χ2v) is 4.88. The largest absolute Gasteiger partial charge is 0.511 e. The molecule has 1 aliphatic heterocycles. The number of hydrogen-bond donors (Lipinski definition) is 1. The van der Waals surface area contributed by atoms with E-state index in [9.17, 15) is 21.6 Å². The molecular formula is C6H11F3N2O2S. The van der Waals surface area contributed by atoms with Gasteiger partial charge >= 0.3 is 15.5 Å². The van der Waals surface area contributed by atoms with Gasteiger partial charge in [0.1, 0.15) is 0 Å². The van der Waals surface area contributed by atoms with Crippen molar-refractivity contribution in [1.82, 2.24) is 9.62 Å². The number of nitrogens with one attached hydrogen (secondary N) is 1. The van der Waals surface area contributed by atoms with Gasteiger partial charge in [0.2, 0.25) is 0 Å². The first kappa shape index (κ1) is 11.7. The van der Waals surface area contributed by atoms with Crippen LogP contribution in [-0.2, 0) is 10.0 Å². The molecule has 0 bridgehead atoms. The summed E-state index contributed by atoms with van der Waals surface area (Å²) >= 11 is 0. The summed E-state index contributed by atoms with van der Waals surface area (Å²) in [5.74, 6) is 0. The van der Waals surface area contributed by atoms with Crippen molar-refractivity contribution >= 4 is 10.0 Å². The zero-order chi connectivity index (χ0) is 10.8. The van der Waals surface area contributed by atoms with E-state index in [2.05, 4.69) is 5.32 Å². The second-order valence-electron chi connectivity index (χ2n) is 2.95. The smallest absolute Gasteiger partial charge is 0.315 e. The van der Waals surface area contributed by atoms with E-state index >= 15 is 0 Å². The first-order valence-electron chi connectivity index (χ1n) is 4.13. The Morgan fingerprint density at radius 2 is 1.79 bits per heavy atom. The third-order valence-electron chi connectivity index (χ3n) is 1.93. The molecule has 1 aliphatic rings. The van der Waals surface area contributed by atoms with Gasteiger partial charge in [-0.05, 0) is 13.0 Å². The molecule has 1 saturated heterocycles. The van der Waals surface area contributed by atoms with Crippen molar-refractivity contribution in [3.8, 4) is 0 Å². The van der Waals surface area contributed by atoms with E-state index < -0.39 is 15.5 Å². The molecule has 14 heavy (non-hydrogen) atoms. The average Bonchev–Trinajstić information content (AvgIpc) is 2.29. The molecule has 0 aromatic carbocycles. The standard InChI is InChI=1S/C6H11F3N2O2S/c7-6(8,9)14(12,13)11-4-1-2-10-3-5-11/h10H,1-5H2. The molecule has 0 aromatic heterocycles. The van der Waals surface area contributed by atoms with E-state index in [1.165, 1.54) is 0 Å². The molecule has 1 heterocycles.